The van der Waals surface area contributed by atoms with Crippen LogP contribution in [-0.2, 0) is 12.8 Å². The average molecular weight is 248 g/mol. The SMILES string of the molecule is CCCCCC1Cc2cc(OC)c(OC)cc2C1. The van der Waals surface area contributed by atoms with E-state index in [1.54, 1.807) is 14.2 Å². The topological polar surface area (TPSA) is 18.5 Å². The van der Waals surface area contributed by atoms with Gasteiger partial charge in [0.25, 0.3) is 0 Å². The molecule has 0 saturated carbocycles. The smallest absolute Gasteiger partial charge is 0.161 e. The van der Waals surface area contributed by atoms with Gasteiger partial charge in [0.15, 0.2) is 11.5 Å². The molecule has 0 heterocycles. The lowest BCUT2D eigenvalue weighted by molar-refractivity contribution is 0.354. The van der Waals surface area contributed by atoms with Gasteiger partial charge in [-0.25, -0.2) is 0 Å². The van der Waals surface area contributed by atoms with E-state index >= 15 is 0 Å². The summed E-state index contributed by atoms with van der Waals surface area (Å²) in [5, 5.41) is 0. The van der Waals surface area contributed by atoms with Gasteiger partial charge in [-0.3, -0.25) is 0 Å². The van der Waals surface area contributed by atoms with Crippen LogP contribution in [0.4, 0.5) is 0 Å². The van der Waals surface area contributed by atoms with Crippen LogP contribution in [0.5, 0.6) is 11.5 Å². The van der Waals surface area contributed by atoms with Crippen LogP contribution in [-0.4, -0.2) is 14.2 Å². The Morgan fingerprint density at radius 2 is 1.56 bits per heavy atom. The van der Waals surface area contributed by atoms with Crippen molar-refractivity contribution in [3.63, 3.8) is 0 Å². The molecule has 2 nitrogen and oxygen atoms in total. The van der Waals surface area contributed by atoms with Crippen LogP contribution in [0, 0.1) is 5.92 Å². The highest BCUT2D eigenvalue weighted by molar-refractivity contribution is 5.49. The summed E-state index contributed by atoms with van der Waals surface area (Å²) in [6, 6.07) is 4.32. The predicted molar refractivity (Wildman–Crippen MR) is 74.6 cm³/mol. The summed E-state index contributed by atoms with van der Waals surface area (Å²) in [6.45, 7) is 2.26. The fourth-order valence-corrected chi connectivity index (χ4v) is 2.92. The number of benzene rings is 1. The third-order valence-electron chi connectivity index (χ3n) is 3.94. The van der Waals surface area contributed by atoms with Crippen molar-refractivity contribution in [3.05, 3.63) is 23.3 Å². The molecule has 18 heavy (non-hydrogen) atoms. The molecule has 1 aromatic carbocycles. The lowest BCUT2D eigenvalue weighted by Crippen LogP contribution is -1.98. The minimum absolute atomic E-state index is 0.823. The van der Waals surface area contributed by atoms with E-state index in [2.05, 4.69) is 19.1 Å². The summed E-state index contributed by atoms with van der Waals surface area (Å²) < 4.78 is 10.7. The van der Waals surface area contributed by atoms with Crippen LogP contribution < -0.4 is 9.47 Å². The fraction of sp³-hybridized carbons (Fsp3) is 0.625. The van der Waals surface area contributed by atoms with Crippen molar-refractivity contribution in [2.45, 2.75) is 45.4 Å². The van der Waals surface area contributed by atoms with Crippen LogP contribution >= 0.6 is 0 Å². The van der Waals surface area contributed by atoms with Crippen molar-refractivity contribution in [3.8, 4) is 11.5 Å². The first-order valence-electron chi connectivity index (χ1n) is 7.02. The fourth-order valence-electron chi connectivity index (χ4n) is 2.92. The molecule has 0 radical (unpaired) electrons. The van der Waals surface area contributed by atoms with Crippen LogP contribution in [0.3, 0.4) is 0 Å². The zero-order chi connectivity index (χ0) is 13.0. The molecular weight excluding hydrogens is 224 g/mol. The van der Waals surface area contributed by atoms with E-state index in [-0.39, 0.29) is 0 Å². The maximum absolute atomic E-state index is 5.37. The maximum Gasteiger partial charge on any atom is 0.161 e. The van der Waals surface area contributed by atoms with Gasteiger partial charge in [-0.15, -0.1) is 0 Å². The molecule has 0 saturated heterocycles. The largest absolute Gasteiger partial charge is 0.493 e. The molecular formula is C16H24O2. The number of fused-ring (bicyclic) bond motifs is 1. The zero-order valence-electron chi connectivity index (χ0n) is 11.8. The van der Waals surface area contributed by atoms with E-state index in [0.717, 1.165) is 17.4 Å². The summed E-state index contributed by atoms with van der Waals surface area (Å²) in [4.78, 5) is 0. The Kier molecular flexibility index (Phi) is 4.51. The van der Waals surface area contributed by atoms with Gasteiger partial charge in [0, 0.05) is 0 Å². The first kappa shape index (κ1) is 13.3. The van der Waals surface area contributed by atoms with Gasteiger partial charge in [-0.2, -0.15) is 0 Å². The van der Waals surface area contributed by atoms with Crippen molar-refractivity contribution in [2.75, 3.05) is 14.2 Å². The quantitative estimate of drug-likeness (QED) is 0.708. The van der Waals surface area contributed by atoms with Gasteiger partial charge in [-0.05, 0) is 48.4 Å². The summed E-state index contributed by atoms with van der Waals surface area (Å²) in [7, 11) is 3.41. The number of rotatable bonds is 6. The molecule has 100 valence electrons. The second kappa shape index (κ2) is 6.12. The Morgan fingerprint density at radius 1 is 1.00 bits per heavy atom. The minimum Gasteiger partial charge on any atom is -0.493 e. The van der Waals surface area contributed by atoms with Gasteiger partial charge in [-0.1, -0.05) is 26.2 Å². The predicted octanol–water partition coefficient (Wildman–Crippen LogP) is 4.00. The second-order valence-electron chi connectivity index (χ2n) is 5.25. The zero-order valence-corrected chi connectivity index (χ0v) is 11.8. The molecule has 0 fully saturated rings. The first-order chi connectivity index (χ1) is 8.78. The molecule has 0 N–H and O–H groups in total. The van der Waals surface area contributed by atoms with Crippen LogP contribution in [0.25, 0.3) is 0 Å². The number of hydrogen-bond acceptors (Lipinski definition) is 2. The summed E-state index contributed by atoms with van der Waals surface area (Å²) in [5.41, 5.74) is 2.91. The Labute approximate surface area is 110 Å². The Morgan fingerprint density at radius 3 is 2.00 bits per heavy atom. The lowest BCUT2D eigenvalue weighted by atomic mass is 9.98. The molecule has 0 bridgehead atoms. The standard InChI is InChI=1S/C16H24O2/c1-4-5-6-7-12-8-13-10-15(17-2)16(18-3)11-14(13)9-12/h10-12H,4-9H2,1-3H3. The van der Waals surface area contributed by atoms with Crippen molar-refractivity contribution >= 4 is 0 Å². The highest BCUT2D eigenvalue weighted by Crippen LogP contribution is 2.37. The van der Waals surface area contributed by atoms with E-state index < -0.39 is 0 Å². The number of hydrogen-bond donors (Lipinski definition) is 0. The van der Waals surface area contributed by atoms with Gasteiger partial charge in [0.1, 0.15) is 0 Å². The molecule has 0 aliphatic heterocycles. The van der Waals surface area contributed by atoms with Crippen LogP contribution in [0.15, 0.2) is 12.1 Å². The monoisotopic (exact) mass is 248 g/mol. The molecule has 0 amide bonds. The second-order valence-corrected chi connectivity index (χ2v) is 5.25. The molecule has 0 atom stereocenters. The van der Waals surface area contributed by atoms with E-state index in [1.165, 1.54) is 49.7 Å². The van der Waals surface area contributed by atoms with Crippen LogP contribution in [0.1, 0.15) is 43.7 Å². The Balaban J connectivity index is 2.05. The minimum atomic E-state index is 0.823. The summed E-state index contributed by atoms with van der Waals surface area (Å²) in [5.74, 6) is 2.55. The molecule has 1 aliphatic rings. The van der Waals surface area contributed by atoms with E-state index in [9.17, 15) is 0 Å². The van der Waals surface area contributed by atoms with Gasteiger partial charge >= 0.3 is 0 Å². The average Bonchev–Trinajstić information content (AvgIpc) is 2.78. The highest BCUT2D eigenvalue weighted by atomic mass is 16.5. The molecule has 0 spiro atoms. The van der Waals surface area contributed by atoms with E-state index in [1.807, 2.05) is 0 Å². The van der Waals surface area contributed by atoms with E-state index in [4.69, 9.17) is 9.47 Å². The molecule has 0 unspecified atom stereocenters. The number of unbranched alkanes of at least 4 members (excludes halogenated alkanes) is 2. The summed E-state index contributed by atoms with van der Waals surface area (Å²) in [6.07, 6.45) is 7.80. The third-order valence-corrected chi connectivity index (χ3v) is 3.94. The maximum atomic E-state index is 5.37. The first-order valence-corrected chi connectivity index (χ1v) is 7.02. The third kappa shape index (κ3) is 2.80. The Bertz CT molecular complexity index is 365. The molecule has 2 rings (SSSR count). The normalized spacial score (nSPS) is 14.6. The van der Waals surface area contributed by atoms with Crippen molar-refractivity contribution < 1.29 is 9.47 Å². The number of ether oxygens (including phenoxy) is 2. The van der Waals surface area contributed by atoms with Crippen molar-refractivity contribution in [1.82, 2.24) is 0 Å². The van der Waals surface area contributed by atoms with Gasteiger partial charge in [0.2, 0.25) is 0 Å². The molecule has 1 aromatic rings. The van der Waals surface area contributed by atoms with E-state index in [0.29, 0.717) is 0 Å². The molecule has 1 aliphatic carbocycles. The Hall–Kier alpha value is -1.18. The van der Waals surface area contributed by atoms with Gasteiger partial charge < -0.3 is 9.47 Å². The van der Waals surface area contributed by atoms with Crippen molar-refractivity contribution in [1.29, 1.82) is 0 Å². The lowest BCUT2D eigenvalue weighted by Gasteiger charge is -2.09. The molecule has 2 heteroatoms. The number of methoxy groups -OCH3 is 2. The van der Waals surface area contributed by atoms with Crippen molar-refractivity contribution in [2.24, 2.45) is 5.92 Å². The highest BCUT2D eigenvalue weighted by Gasteiger charge is 2.23. The molecule has 0 aromatic heterocycles. The summed E-state index contributed by atoms with van der Waals surface area (Å²) >= 11 is 0. The van der Waals surface area contributed by atoms with Crippen LogP contribution in [0.2, 0.25) is 0 Å². The van der Waals surface area contributed by atoms with Gasteiger partial charge in [0.05, 0.1) is 14.2 Å².